The number of benzene rings is 2. The highest BCUT2D eigenvalue weighted by Crippen LogP contribution is 2.22. The van der Waals surface area contributed by atoms with Crippen molar-refractivity contribution in [2.75, 3.05) is 39.3 Å². The average Bonchev–Trinajstić information content (AvgIpc) is 3.04. The van der Waals surface area contributed by atoms with Crippen molar-refractivity contribution >= 4 is 27.9 Å². The second-order valence-corrected chi connectivity index (χ2v) is 9.68. The van der Waals surface area contributed by atoms with Crippen molar-refractivity contribution in [3.63, 3.8) is 0 Å². The number of fused-ring (bicyclic) bond motifs is 1. The van der Waals surface area contributed by atoms with E-state index in [0.29, 0.717) is 11.1 Å². The standard InChI is InChI=1S/C22H24N4O5S/c1-16-6-8-17(9-7-16)32(30,31)25-14-12-24(13-15-25)22(29)23-10-11-26-20(27)18-4-2-3-5-19(18)21(26)28/h2-9H,10-15H2,1H3,(H,23,29). The Morgan fingerprint density at radius 3 is 2.03 bits per heavy atom. The molecule has 0 spiro atoms. The van der Waals surface area contributed by atoms with E-state index in [2.05, 4.69) is 5.32 Å². The van der Waals surface area contributed by atoms with Gasteiger partial charge < -0.3 is 10.2 Å². The highest BCUT2D eigenvalue weighted by molar-refractivity contribution is 7.89. The van der Waals surface area contributed by atoms with Gasteiger partial charge in [0.25, 0.3) is 11.8 Å². The first-order chi connectivity index (χ1) is 15.3. The third-order valence-electron chi connectivity index (χ3n) is 5.67. The molecule has 32 heavy (non-hydrogen) atoms. The number of aryl methyl sites for hydroxylation is 1. The van der Waals surface area contributed by atoms with Crippen LogP contribution in [0.2, 0.25) is 0 Å². The van der Waals surface area contributed by atoms with Gasteiger partial charge in [0.1, 0.15) is 0 Å². The van der Waals surface area contributed by atoms with Crippen LogP contribution < -0.4 is 5.32 Å². The lowest BCUT2D eigenvalue weighted by Crippen LogP contribution is -2.53. The Labute approximate surface area is 186 Å². The molecule has 4 amide bonds. The number of imide groups is 1. The molecule has 0 aromatic heterocycles. The molecular weight excluding hydrogens is 432 g/mol. The molecule has 1 saturated heterocycles. The van der Waals surface area contributed by atoms with Crippen molar-refractivity contribution in [2.24, 2.45) is 0 Å². The van der Waals surface area contributed by atoms with Gasteiger partial charge in [0.15, 0.2) is 0 Å². The van der Waals surface area contributed by atoms with Crippen LogP contribution in [-0.2, 0) is 10.0 Å². The molecular formula is C22H24N4O5S. The SMILES string of the molecule is Cc1ccc(S(=O)(=O)N2CCN(C(=O)NCCN3C(=O)c4ccccc4C3=O)CC2)cc1. The van der Waals surface area contributed by atoms with Gasteiger partial charge in [-0.1, -0.05) is 29.8 Å². The van der Waals surface area contributed by atoms with Gasteiger partial charge in [-0.05, 0) is 31.2 Å². The van der Waals surface area contributed by atoms with Crippen molar-refractivity contribution in [1.82, 2.24) is 19.4 Å². The van der Waals surface area contributed by atoms with Crippen molar-refractivity contribution < 1.29 is 22.8 Å². The number of nitrogens with one attached hydrogen (secondary N) is 1. The summed E-state index contributed by atoms with van der Waals surface area (Å²) in [7, 11) is -3.60. The largest absolute Gasteiger partial charge is 0.336 e. The van der Waals surface area contributed by atoms with Gasteiger partial charge in [-0.25, -0.2) is 13.2 Å². The minimum absolute atomic E-state index is 0.0693. The van der Waals surface area contributed by atoms with Gasteiger partial charge in [-0.15, -0.1) is 0 Å². The maximum atomic E-state index is 12.8. The Morgan fingerprint density at radius 2 is 1.47 bits per heavy atom. The molecule has 2 aromatic rings. The Morgan fingerprint density at radius 1 is 0.906 bits per heavy atom. The zero-order valence-corrected chi connectivity index (χ0v) is 18.5. The maximum absolute atomic E-state index is 12.8. The Kier molecular flexibility index (Phi) is 5.98. The number of sulfonamides is 1. The van der Waals surface area contributed by atoms with E-state index >= 15 is 0 Å². The van der Waals surface area contributed by atoms with Crippen LogP contribution in [0, 0.1) is 6.92 Å². The summed E-state index contributed by atoms with van der Waals surface area (Å²) < 4.78 is 26.9. The number of piperazine rings is 1. The number of rotatable bonds is 5. The number of nitrogens with zero attached hydrogens (tertiary/aromatic N) is 3. The minimum atomic E-state index is -3.60. The first kappa shape index (κ1) is 22.0. The summed E-state index contributed by atoms with van der Waals surface area (Å²) in [5.41, 5.74) is 1.72. The topological polar surface area (TPSA) is 107 Å². The molecule has 0 aliphatic carbocycles. The van der Waals surface area contributed by atoms with E-state index in [1.54, 1.807) is 48.5 Å². The van der Waals surface area contributed by atoms with Crippen LogP contribution >= 0.6 is 0 Å². The van der Waals surface area contributed by atoms with Crippen LogP contribution in [0.3, 0.4) is 0 Å². The fourth-order valence-electron chi connectivity index (χ4n) is 3.82. The number of hydrogen-bond acceptors (Lipinski definition) is 5. The van der Waals surface area contributed by atoms with E-state index in [-0.39, 0.29) is 62.0 Å². The van der Waals surface area contributed by atoms with Crippen molar-refractivity contribution in [1.29, 1.82) is 0 Å². The molecule has 4 rings (SSSR count). The Bertz CT molecular complexity index is 1120. The zero-order chi connectivity index (χ0) is 22.9. The van der Waals surface area contributed by atoms with E-state index in [9.17, 15) is 22.8 Å². The van der Waals surface area contributed by atoms with Crippen molar-refractivity contribution in [3.8, 4) is 0 Å². The second-order valence-electron chi connectivity index (χ2n) is 7.74. The predicted octanol–water partition coefficient (Wildman–Crippen LogP) is 1.31. The maximum Gasteiger partial charge on any atom is 0.317 e. The first-order valence-corrected chi connectivity index (χ1v) is 11.8. The lowest BCUT2D eigenvalue weighted by Gasteiger charge is -2.34. The van der Waals surface area contributed by atoms with Gasteiger partial charge in [-0.2, -0.15) is 4.31 Å². The zero-order valence-electron chi connectivity index (χ0n) is 17.7. The van der Waals surface area contributed by atoms with Crippen LogP contribution in [0.1, 0.15) is 26.3 Å². The quantitative estimate of drug-likeness (QED) is 0.683. The van der Waals surface area contributed by atoms with Crippen LogP contribution in [0.25, 0.3) is 0 Å². The first-order valence-electron chi connectivity index (χ1n) is 10.3. The second kappa shape index (κ2) is 8.71. The smallest absolute Gasteiger partial charge is 0.317 e. The number of carbonyl (C=O) groups is 3. The van der Waals surface area contributed by atoms with Crippen LogP contribution in [0.15, 0.2) is 53.4 Å². The number of amides is 4. The minimum Gasteiger partial charge on any atom is -0.336 e. The molecule has 0 atom stereocenters. The van der Waals surface area contributed by atoms with Crippen LogP contribution in [-0.4, -0.2) is 79.6 Å². The molecule has 0 unspecified atom stereocenters. The van der Waals surface area contributed by atoms with Gasteiger partial charge in [0.2, 0.25) is 10.0 Å². The fraction of sp³-hybridized carbons (Fsp3) is 0.318. The molecule has 0 bridgehead atoms. The normalized spacial score (nSPS) is 16.9. The summed E-state index contributed by atoms with van der Waals surface area (Å²) in [5.74, 6) is -0.732. The summed E-state index contributed by atoms with van der Waals surface area (Å²) in [5, 5.41) is 2.71. The van der Waals surface area contributed by atoms with E-state index in [1.165, 1.54) is 9.21 Å². The predicted molar refractivity (Wildman–Crippen MR) is 117 cm³/mol. The number of hydrogen-bond donors (Lipinski definition) is 1. The molecule has 9 nitrogen and oxygen atoms in total. The van der Waals surface area contributed by atoms with Gasteiger partial charge in [0, 0.05) is 39.3 Å². The van der Waals surface area contributed by atoms with Crippen molar-refractivity contribution in [3.05, 3.63) is 65.2 Å². The number of urea groups is 1. The van der Waals surface area contributed by atoms with Gasteiger partial charge in [-0.3, -0.25) is 14.5 Å². The summed E-state index contributed by atoms with van der Waals surface area (Å²) in [6.07, 6.45) is 0. The molecule has 168 valence electrons. The highest BCUT2D eigenvalue weighted by atomic mass is 32.2. The molecule has 0 radical (unpaired) electrons. The van der Waals surface area contributed by atoms with Gasteiger partial charge >= 0.3 is 6.03 Å². The molecule has 2 aromatic carbocycles. The summed E-state index contributed by atoms with van der Waals surface area (Å²) in [6.45, 7) is 2.98. The lowest BCUT2D eigenvalue weighted by atomic mass is 10.1. The van der Waals surface area contributed by atoms with Crippen LogP contribution in [0.5, 0.6) is 0 Å². The van der Waals surface area contributed by atoms with E-state index in [1.807, 2.05) is 6.92 Å². The molecule has 0 saturated carbocycles. The molecule has 1 N–H and O–H groups in total. The van der Waals surface area contributed by atoms with Gasteiger partial charge in [0.05, 0.1) is 16.0 Å². The third kappa shape index (κ3) is 4.11. The average molecular weight is 457 g/mol. The van der Waals surface area contributed by atoms with Crippen LogP contribution in [0.4, 0.5) is 4.79 Å². The molecule has 10 heteroatoms. The third-order valence-corrected chi connectivity index (χ3v) is 7.59. The fourth-order valence-corrected chi connectivity index (χ4v) is 5.24. The van der Waals surface area contributed by atoms with Crippen molar-refractivity contribution in [2.45, 2.75) is 11.8 Å². The number of carbonyl (C=O) groups excluding carboxylic acids is 3. The lowest BCUT2D eigenvalue weighted by molar-refractivity contribution is 0.0654. The monoisotopic (exact) mass is 456 g/mol. The molecule has 2 aliphatic heterocycles. The van der Waals surface area contributed by atoms with E-state index < -0.39 is 10.0 Å². The summed E-state index contributed by atoms with van der Waals surface area (Å²) in [4.78, 5) is 40.1. The summed E-state index contributed by atoms with van der Waals surface area (Å²) >= 11 is 0. The molecule has 2 aliphatic rings. The highest BCUT2D eigenvalue weighted by Gasteiger charge is 2.35. The molecule has 2 heterocycles. The van der Waals surface area contributed by atoms with E-state index in [4.69, 9.17) is 0 Å². The Balaban J connectivity index is 1.27. The Hall–Kier alpha value is -3.24. The summed E-state index contributed by atoms with van der Waals surface area (Å²) in [6, 6.07) is 13.0. The van der Waals surface area contributed by atoms with E-state index in [0.717, 1.165) is 10.5 Å². The molecule has 1 fully saturated rings.